The van der Waals surface area contributed by atoms with Crippen LogP contribution in [-0.2, 0) is 0 Å². The quantitative estimate of drug-likeness (QED) is 0.450. The van der Waals surface area contributed by atoms with Crippen molar-refractivity contribution in [3.63, 3.8) is 0 Å². The van der Waals surface area contributed by atoms with Crippen LogP contribution in [-0.4, -0.2) is 34.0 Å². The summed E-state index contributed by atoms with van der Waals surface area (Å²) in [5.41, 5.74) is 4.00. The van der Waals surface area contributed by atoms with E-state index in [0.29, 0.717) is 11.3 Å². The van der Waals surface area contributed by atoms with E-state index < -0.39 is 0 Å². The Hall–Kier alpha value is -3.87. The number of pyridine rings is 3. The highest BCUT2D eigenvalue weighted by atomic mass is 16.1. The van der Waals surface area contributed by atoms with Crippen LogP contribution < -0.4 is 15.8 Å². The Labute approximate surface area is 160 Å². The van der Waals surface area contributed by atoms with Crippen molar-refractivity contribution in [3.8, 4) is 0 Å². The number of aromatic amines is 2. The Bertz CT molecular complexity index is 1380. The molecular weight excluding hydrogens is 352 g/mol. The Balaban J connectivity index is 1.74. The van der Waals surface area contributed by atoms with Gasteiger partial charge in [-0.15, -0.1) is 0 Å². The molecule has 0 saturated heterocycles. The van der Waals surface area contributed by atoms with Crippen molar-refractivity contribution < 1.29 is 0 Å². The number of benzene rings is 1. The second-order valence-electron chi connectivity index (χ2n) is 6.89. The highest BCUT2D eigenvalue weighted by Gasteiger charge is 2.15. The molecule has 0 bridgehead atoms. The van der Waals surface area contributed by atoms with Gasteiger partial charge in [0, 0.05) is 60.2 Å². The van der Waals surface area contributed by atoms with Crippen molar-refractivity contribution in [3.05, 3.63) is 65.3 Å². The van der Waals surface area contributed by atoms with E-state index in [1.54, 1.807) is 18.6 Å². The molecule has 7 heteroatoms. The van der Waals surface area contributed by atoms with Gasteiger partial charge in [-0.2, -0.15) is 0 Å². The van der Waals surface area contributed by atoms with Crippen molar-refractivity contribution >= 4 is 49.9 Å². The molecule has 1 aromatic carbocycles. The summed E-state index contributed by atoms with van der Waals surface area (Å²) in [6.45, 7) is 0. The first-order valence-electron chi connectivity index (χ1n) is 8.93. The molecule has 0 spiro atoms. The van der Waals surface area contributed by atoms with Crippen molar-refractivity contribution in [2.45, 2.75) is 0 Å². The predicted octanol–water partition coefficient (Wildman–Crippen LogP) is 3.76. The fourth-order valence-corrected chi connectivity index (χ4v) is 3.48. The molecule has 4 aromatic heterocycles. The number of anilines is 3. The zero-order valence-electron chi connectivity index (χ0n) is 15.4. The van der Waals surface area contributed by atoms with Gasteiger partial charge in [0.05, 0.1) is 11.0 Å². The lowest BCUT2D eigenvalue weighted by atomic mass is 10.1. The number of aromatic nitrogens is 4. The molecule has 0 unspecified atom stereocenters. The minimum absolute atomic E-state index is 0.161. The Morgan fingerprint density at radius 2 is 1.79 bits per heavy atom. The monoisotopic (exact) mass is 370 g/mol. The largest absolute Gasteiger partial charge is 0.378 e. The van der Waals surface area contributed by atoms with E-state index in [2.05, 4.69) is 25.2 Å². The van der Waals surface area contributed by atoms with Crippen molar-refractivity contribution in [2.24, 2.45) is 0 Å². The third kappa shape index (κ3) is 2.48. The number of hydrogen-bond donors (Lipinski definition) is 3. The Kier molecular flexibility index (Phi) is 3.55. The van der Waals surface area contributed by atoms with E-state index in [9.17, 15) is 4.79 Å². The predicted molar refractivity (Wildman–Crippen MR) is 114 cm³/mol. The molecule has 0 fully saturated rings. The molecule has 0 aliphatic rings. The van der Waals surface area contributed by atoms with Gasteiger partial charge in [0.2, 0.25) is 0 Å². The SMILES string of the molecule is CN(C)c1ccc(Nc2nc3c4cc[nH]c(=O)c4[nH]c3c3ccncc23)cc1. The van der Waals surface area contributed by atoms with Crippen LogP contribution in [0.1, 0.15) is 0 Å². The van der Waals surface area contributed by atoms with Gasteiger partial charge in [0.1, 0.15) is 11.3 Å². The summed E-state index contributed by atoms with van der Waals surface area (Å²) >= 11 is 0. The van der Waals surface area contributed by atoms with Crippen LogP contribution in [0.3, 0.4) is 0 Å². The summed E-state index contributed by atoms with van der Waals surface area (Å²) in [7, 11) is 4.02. The molecule has 0 amide bonds. The standard InChI is InChI=1S/C21H18N6O/c1-27(2)13-5-3-12(4-6-13)24-20-16-11-22-9-7-14(16)17-18(26-20)15-8-10-23-21(28)19(15)25-17/h3-11,25H,1-2H3,(H,23,28)(H,24,26). The minimum atomic E-state index is -0.161. The van der Waals surface area contributed by atoms with Crippen molar-refractivity contribution in [2.75, 3.05) is 24.3 Å². The molecule has 4 heterocycles. The third-order valence-corrected chi connectivity index (χ3v) is 4.92. The lowest BCUT2D eigenvalue weighted by Crippen LogP contribution is -2.08. The number of hydrogen-bond acceptors (Lipinski definition) is 5. The number of fused-ring (bicyclic) bond motifs is 5. The van der Waals surface area contributed by atoms with Crippen LogP contribution in [0.15, 0.2) is 59.8 Å². The minimum Gasteiger partial charge on any atom is -0.378 e. The molecule has 3 N–H and O–H groups in total. The zero-order valence-corrected chi connectivity index (χ0v) is 15.4. The molecule has 138 valence electrons. The molecule has 5 rings (SSSR count). The first-order valence-corrected chi connectivity index (χ1v) is 8.93. The van der Waals surface area contributed by atoms with E-state index in [-0.39, 0.29) is 5.56 Å². The molecule has 0 aliphatic heterocycles. The first-order chi connectivity index (χ1) is 13.6. The maximum atomic E-state index is 12.2. The topological polar surface area (TPSA) is 89.7 Å². The van der Waals surface area contributed by atoms with Crippen LogP contribution in [0.2, 0.25) is 0 Å². The Morgan fingerprint density at radius 1 is 0.964 bits per heavy atom. The van der Waals surface area contributed by atoms with Gasteiger partial charge in [-0.05, 0) is 36.4 Å². The van der Waals surface area contributed by atoms with Crippen LogP contribution in [0.4, 0.5) is 17.2 Å². The highest BCUT2D eigenvalue weighted by molar-refractivity contribution is 6.17. The number of nitrogens with one attached hydrogen (secondary N) is 3. The van der Waals surface area contributed by atoms with Gasteiger partial charge in [-0.1, -0.05) is 0 Å². The van der Waals surface area contributed by atoms with Crippen LogP contribution >= 0.6 is 0 Å². The third-order valence-electron chi connectivity index (χ3n) is 4.92. The number of rotatable bonds is 3. The molecule has 5 aromatic rings. The zero-order chi connectivity index (χ0) is 19.3. The van der Waals surface area contributed by atoms with Gasteiger partial charge < -0.3 is 20.2 Å². The summed E-state index contributed by atoms with van der Waals surface area (Å²) in [6.07, 6.45) is 5.17. The van der Waals surface area contributed by atoms with Gasteiger partial charge >= 0.3 is 0 Å². The fraction of sp³-hybridized carbons (Fsp3) is 0.0952. The average molecular weight is 370 g/mol. The maximum Gasteiger partial charge on any atom is 0.272 e. The molecule has 7 nitrogen and oxygen atoms in total. The van der Waals surface area contributed by atoms with Crippen molar-refractivity contribution in [1.29, 1.82) is 0 Å². The van der Waals surface area contributed by atoms with Gasteiger partial charge in [0.25, 0.3) is 5.56 Å². The average Bonchev–Trinajstić information content (AvgIpc) is 3.09. The van der Waals surface area contributed by atoms with Crippen molar-refractivity contribution in [1.82, 2.24) is 19.9 Å². The summed E-state index contributed by atoms with van der Waals surface area (Å²) in [4.78, 5) is 29.3. The van der Waals surface area contributed by atoms with Gasteiger partial charge in [-0.25, -0.2) is 4.98 Å². The molecule has 28 heavy (non-hydrogen) atoms. The lowest BCUT2D eigenvalue weighted by Gasteiger charge is -2.14. The van der Waals surface area contributed by atoms with E-state index in [1.807, 2.05) is 50.5 Å². The molecule has 0 atom stereocenters. The lowest BCUT2D eigenvalue weighted by molar-refractivity contribution is 1.13. The summed E-state index contributed by atoms with van der Waals surface area (Å²) in [5, 5.41) is 6.04. The Morgan fingerprint density at radius 3 is 2.57 bits per heavy atom. The number of nitrogens with zero attached hydrogens (tertiary/aromatic N) is 3. The second kappa shape index (κ2) is 6.09. The molecule has 0 saturated carbocycles. The van der Waals surface area contributed by atoms with Crippen LogP contribution in [0.5, 0.6) is 0 Å². The molecular formula is C21H18N6O. The highest BCUT2D eigenvalue weighted by Crippen LogP contribution is 2.33. The smallest absolute Gasteiger partial charge is 0.272 e. The van der Waals surface area contributed by atoms with E-state index in [4.69, 9.17) is 4.98 Å². The molecule has 0 aliphatic carbocycles. The van der Waals surface area contributed by atoms with Gasteiger partial charge in [-0.3, -0.25) is 9.78 Å². The summed E-state index contributed by atoms with van der Waals surface area (Å²) in [6, 6.07) is 11.9. The normalized spacial score (nSPS) is 11.4. The van der Waals surface area contributed by atoms with E-state index in [0.717, 1.165) is 38.6 Å². The summed E-state index contributed by atoms with van der Waals surface area (Å²) < 4.78 is 0. The van der Waals surface area contributed by atoms with E-state index >= 15 is 0 Å². The van der Waals surface area contributed by atoms with Gasteiger partial charge in [0.15, 0.2) is 0 Å². The van der Waals surface area contributed by atoms with E-state index in [1.165, 1.54) is 0 Å². The second-order valence-corrected chi connectivity index (χ2v) is 6.89. The fourth-order valence-electron chi connectivity index (χ4n) is 3.48. The summed E-state index contributed by atoms with van der Waals surface area (Å²) in [5.74, 6) is 0.703. The van der Waals surface area contributed by atoms with Crippen LogP contribution in [0, 0.1) is 0 Å². The maximum absolute atomic E-state index is 12.2. The number of H-pyrrole nitrogens is 2. The van der Waals surface area contributed by atoms with Crippen LogP contribution in [0.25, 0.3) is 32.7 Å². The molecule has 0 radical (unpaired) electrons. The first kappa shape index (κ1) is 16.3.